The SMILES string of the molecule is C=C(Cc1sc2ccc(F)cc2c1C)C(=O)NC. The van der Waals surface area contributed by atoms with E-state index in [0.29, 0.717) is 12.0 Å². The normalized spacial score (nSPS) is 10.6. The number of halogens is 1. The first-order valence-corrected chi connectivity index (χ1v) is 6.42. The van der Waals surface area contributed by atoms with E-state index >= 15 is 0 Å². The quantitative estimate of drug-likeness (QED) is 0.847. The number of thiophene rings is 1. The second-order valence-corrected chi connectivity index (χ2v) is 5.29. The number of hydrogen-bond acceptors (Lipinski definition) is 2. The van der Waals surface area contributed by atoms with Gasteiger partial charge in [-0.1, -0.05) is 6.58 Å². The summed E-state index contributed by atoms with van der Waals surface area (Å²) in [6.45, 7) is 5.72. The van der Waals surface area contributed by atoms with Crippen molar-refractivity contribution in [3.63, 3.8) is 0 Å². The van der Waals surface area contributed by atoms with E-state index in [1.54, 1.807) is 24.5 Å². The van der Waals surface area contributed by atoms with E-state index in [9.17, 15) is 9.18 Å². The Bertz CT molecular complexity index is 630. The van der Waals surface area contributed by atoms with E-state index in [1.165, 1.54) is 12.1 Å². The zero-order valence-electron chi connectivity index (χ0n) is 10.3. The Morgan fingerprint density at radius 2 is 2.22 bits per heavy atom. The average molecular weight is 263 g/mol. The van der Waals surface area contributed by atoms with Crippen molar-refractivity contribution in [1.29, 1.82) is 0 Å². The third-order valence-electron chi connectivity index (χ3n) is 2.92. The largest absolute Gasteiger partial charge is 0.355 e. The Morgan fingerprint density at radius 1 is 1.50 bits per heavy atom. The molecular formula is C14H14FNOS. The maximum Gasteiger partial charge on any atom is 0.246 e. The second-order valence-electron chi connectivity index (χ2n) is 4.15. The van der Waals surface area contributed by atoms with Gasteiger partial charge in [0.25, 0.3) is 0 Å². The van der Waals surface area contributed by atoms with E-state index in [4.69, 9.17) is 0 Å². The Kier molecular flexibility index (Phi) is 3.48. The predicted octanol–water partition coefficient (Wildman–Crippen LogP) is 3.19. The molecule has 0 bridgehead atoms. The van der Waals surface area contributed by atoms with Gasteiger partial charge in [0.15, 0.2) is 0 Å². The third-order valence-corrected chi connectivity index (χ3v) is 4.19. The highest BCUT2D eigenvalue weighted by Crippen LogP contribution is 2.32. The summed E-state index contributed by atoms with van der Waals surface area (Å²) in [5.74, 6) is -0.391. The van der Waals surface area contributed by atoms with Crippen LogP contribution in [0.5, 0.6) is 0 Å². The lowest BCUT2D eigenvalue weighted by atomic mass is 10.1. The third kappa shape index (κ3) is 2.29. The zero-order chi connectivity index (χ0) is 13.3. The van der Waals surface area contributed by atoms with Crippen LogP contribution in [0.25, 0.3) is 10.1 Å². The minimum absolute atomic E-state index is 0.155. The van der Waals surface area contributed by atoms with Crippen molar-refractivity contribution in [3.05, 3.63) is 46.6 Å². The van der Waals surface area contributed by atoms with Crippen molar-refractivity contribution in [2.45, 2.75) is 13.3 Å². The number of rotatable bonds is 3. The molecule has 94 valence electrons. The van der Waals surface area contributed by atoms with Gasteiger partial charge in [-0.15, -0.1) is 11.3 Å². The van der Waals surface area contributed by atoms with Crippen LogP contribution in [-0.2, 0) is 11.2 Å². The van der Waals surface area contributed by atoms with Crippen LogP contribution in [0.3, 0.4) is 0 Å². The van der Waals surface area contributed by atoms with Gasteiger partial charge in [0, 0.05) is 28.6 Å². The van der Waals surface area contributed by atoms with Gasteiger partial charge < -0.3 is 5.32 Å². The van der Waals surface area contributed by atoms with Crippen molar-refractivity contribution in [2.24, 2.45) is 0 Å². The Labute approximate surface area is 109 Å². The van der Waals surface area contributed by atoms with Gasteiger partial charge in [-0.05, 0) is 36.1 Å². The molecule has 1 amide bonds. The number of nitrogens with one attached hydrogen (secondary N) is 1. The van der Waals surface area contributed by atoms with Gasteiger partial charge >= 0.3 is 0 Å². The van der Waals surface area contributed by atoms with Gasteiger partial charge in [-0.2, -0.15) is 0 Å². The molecule has 0 unspecified atom stereocenters. The summed E-state index contributed by atoms with van der Waals surface area (Å²) in [7, 11) is 1.58. The second kappa shape index (κ2) is 4.90. The van der Waals surface area contributed by atoms with Crippen LogP contribution in [0.15, 0.2) is 30.4 Å². The molecule has 0 aliphatic rings. The summed E-state index contributed by atoms with van der Waals surface area (Å²) >= 11 is 1.58. The minimum atomic E-state index is -0.236. The molecule has 1 aromatic carbocycles. The van der Waals surface area contributed by atoms with Crippen LogP contribution in [-0.4, -0.2) is 13.0 Å². The molecule has 1 heterocycles. The predicted molar refractivity (Wildman–Crippen MR) is 73.4 cm³/mol. The number of carbonyl (C=O) groups excluding carboxylic acids is 1. The number of amides is 1. The van der Waals surface area contributed by atoms with Crippen LogP contribution in [0.4, 0.5) is 4.39 Å². The molecule has 4 heteroatoms. The summed E-state index contributed by atoms with van der Waals surface area (Å²) in [5, 5.41) is 3.47. The van der Waals surface area contributed by atoms with Gasteiger partial charge in [0.1, 0.15) is 5.82 Å². The van der Waals surface area contributed by atoms with Gasteiger partial charge in [0.2, 0.25) is 5.91 Å². The number of benzene rings is 1. The maximum absolute atomic E-state index is 13.2. The van der Waals surface area contributed by atoms with Crippen molar-refractivity contribution in [3.8, 4) is 0 Å². The van der Waals surface area contributed by atoms with Crippen LogP contribution in [0.1, 0.15) is 10.4 Å². The van der Waals surface area contributed by atoms with Gasteiger partial charge in [0.05, 0.1) is 0 Å². The topological polar surface area (TPSA) is 29.1 Å². The zero-order valence-corrected chi connectivity index (χ0v) is 11.2. The maximum atomic E-state index is 13.2. The van der Waals surface area contributed by atoms with Crippen molar-refractivity contribution in [1.82, 2.24) is 5.32 Å². The fraction of sp³-hybridized carbons (Fsp3) is 0.214. The summed E-state index contributed by atoms with van der Waals surface area (Å²) in [4.78, 5) is 12.5. The molecule has 2 aromatic rings. The van der Waals surface area contributed by atoms with Crippen LogP contribution < -0.4 is 5.32 Å². The number of fused-ring (bicyclic) bond motifs is 1. The van der Waals surface area contributed by atoms with Crippen molar-refractivity contribution >= 4 is 27.3 Å². The number of likely N-dealkylation sites (N-methyl/N-ethyl adjacent to an activating group) is 1. The molecule has 0 spiro atoms. The van der Waals surface area contributed by atoms with E-state index in [2.05, 4.69) is 11.9 Å². The molecular weight excluding hydrogens is 249 g/mol. The molecule has 0 fully saturated rings. The van der Waals surface area contributed by atoms with Crippen molar-refractivity contribution < 1.29 is 9.18 Å². The minimum Gasteiger partial charge on any atom is -0.355 e. The van der Waals surface area contributed by atoms with Crippen LogP contribution in [0, 0.1) is 12.7 Å². The van der Waals surface area contributed by atoms with E-state index < -0.39 is 0 Å². The molecule has 0 aliphatic heterocycles. The standard InChI is InChI=1S/C14H14FNOS/c1-8(14(17)16-3)6-13-9(2)11-7-10(15)4-5-12(11)18-13/h4-5,7H,1,6H2,2-3H3,(H,16,17). The Hall–Kier alpha value is -1.68. The van der Waals surface area contributed by atoms with E-state index in [-0.39, 0.29) is 11.7 Å². The molecule has 0 radical (unpaired) electrons. The average Bonchev–Trinajstić information content (AvgIpc) is 2.65. The lowest BCUT2D eigenvalue weighted by Crippen LogP contribution is -2.20. The highest BCUT2D eigenvalue weighted by Gasteiger charge is 2.12. The van der Waals surface area contributed by atoms with Gasteiger partial charge in [-0.25, -0.2) is 4.39 Å². The van der Waals surface area contributed by atoms with Crippen LogP contribution >= 0.6 is 11.3 Å². The molecule has 2 nitrogen and oxygen atoms in total. The summed E-state index contributed by atoms with van der Waals surface area (Å²) in [6, 6.07) is 4.76. The smallest absolute Gasteiger partial charge is 0.246 e. The molecule has 0 atom stereocenters. The highest BCUT2D eigenvalue weighted by atomic mass is 32.1. The molecule has 2 rings (SSSR count). The van der Waals surface area contributed by atoms with E-state index in [0.717, 1.165) is 20.5 Å². The fourth-order valence-electron chi connectivity index (χ4n) is 1.86. The molecule has 18 heavy (non-hydrogen) atoms. The van der Waals surface area contributed by atoms with Crippen molar-refractivity contribution in [2.75, 3.05) is 7.05 Å². The Balaban J connectivity index is 2.38. The number of carbonyl (C=O) groups is 1. The molecule has 0 saturated heterocycles. The number of hydrogen-bond donors (Lipinski definition) is 1. The molecule has 0 saturated carbocycles. The lowest BCUT2D eigenvalue weighted by molar-refractivity contribution is -0.117. The molecule has 1 aromatic heterocycles. The Morgan fingerprint density at radius 3 is 2.89 bits per heavy atom. The monoisotopic (exact) mass is 263 g/mol. The molecule has 0 aliphatic carbocycles. The first kappa shape index (κ1) is 12.8. The van der Waals surface area contributed by atoms with Gasteiger partial charge in [-0.3, -0.25) is 4.79 Å². The summed E-state index contributed by atoms with van der Waals surface area (Å²) < 4.78 is 14.2. The first-order valence-electron chi connectivity index (χ1n) is 5.60. The van der Waals surface area contributed by atoms with Crippen LogP contribution in [0.2, 0.25) is 0 Å². The molecule has 1 N–H and O–H groups in total. The summed E-state index contributed by atoms with van der Waals surface area (Å²) in [6.07, 6.45) is 0.506. The summed E-state index contributed by atoms with van der Waals surface area (Å²) in [5.41, 5.74) is 1.55. The first-order chi connectivity index (χ1) is 8.52. The fourth-order valence-corrected chi connectivity index (χ4v) is 3.10. The lowest BCUT2D eigenvalue weighted by Gasteiger charge is -2.03. The number of aryl methyl sites for hydroxylation is 1. The van der Waals surface area contributed by atoms with E-state index in [1.807, 2.05) is 6.92 Å². The highest BCUT2D eigenvalue weighted by molar-refractivity contribution is 7.19.